The van der Waals surface area contributed by atoms with E-state index >= 15 is 0 Å². The van der Waals surface area contributed by atoms with Gasteiger partial charge in [0, 0.05) is 0 Å². The van der Waals surface area contributed by atoms with Crippen molar-refractivity contribution in [2.24, 2.45) is 10.3 Å². The van der Waals surface area contributed by atoms with Crippen molar-refractivity contribution in [3.63, 3.8) is 0 Å². The summed E-state index contributed by atoms with van der Waals surface area (Å²) in [7, 11) is 0. The first kappa shape index (κ1) is 10.3. The van der Waals surface area contributed by atoms with Crippen LogP contribution in [0, 0.1) is 0 Å². The predicted octanol–water partition coefficient (Wildman–Crippen LogP) is -0.364. The molecule has 82 valence electrons. The Morgan fingerprint density at radius 1 is 0.812 bits per heavy atom. The molecule has 0 saturated carbocycles. The lowest BCUT2D eigenvalue weighted by atomic mass is 10.3. The summed E-state index contributed by atoms with van der Waals surface area (Å²) in [6.07, 6.45) is -0.151. The number of fused-ring (bicyclic) bond motifs is 9. The Balaban J connectivity index is 2.38. The van der Waals surface area contributed by atoms with E-state index in [-0.39, 0.29) is 12.8 Å². The summed E-state index contributed by atoms with van der Waals surface area (Å²) in [5.41, 5.74) is 0. The van der Waals surface area contributed by atoms with Crippen LogP contribution in [0.3, 0.4) is 0 Å². The van der Waals surface area contributed by atoms with Crippen LogP contribution in [-0.4, -0.2) is 11.9 Å². The highest BCUT2D eigenvalue weighted by atomic mass is 16.7. The first-order chi connectivity index (χ1) is 7.74. The number of carbonyl (C=O) groups is 2. The molecule has 2 aliphatic heterocycles. The highest BCUT2D eigenvalue weighted by molar-refractivity contribution is 5.77. The molecule has 0 unspecified atom stereocenters. The molecule has 6 heteroatoms. The third kappa shape index (κ3) is 2.63. The first-order valence-corrected chi connectivity index (χ1v) is 4.66. The topological polar surface area (TPSA) is 77.3 Å². The Labute approximate surface area is 90.1 Å². The van der Waals surface area contributed by atoms with Crippen LogP contribution in [0.25, 0.3) is 0 Å². The molecule has 2 aliphatic rings. The van der Waals surface area contributed by atoms with Gasteiger partial charge in [0.15, 0.2) is 0 Å². The average molecular weight is 220 g/mol. The van der Waals surface area contributed by atoms with Gasteiger partial charge in [-0.25, -0.2) is 9.59 Å². The van der Waals surface area contributed by atoms with Gasteiger partial charge < -0.3 is 9.68 Å². The minimum atomic E-state index is -0.582. The van der Waals surface area contributed by atoms with Crippen molar-refractivity contribution in [2.75, 3.05) is 0 Å². The Bertz CT molecular complexity index is 466. The maximum atomic E-state index is 11.1. The number of nitrogens with zero attached hydrogens (tertiary/aromatic N) is 2. The lowest BCUT2D eigenvalue weighted by molar-refractivity contribution is -0.151. The molecule has 3 rings (SSSR count). The van der Waals surface area contributed by atoms with Crippen molar-refractivity contribution in [1.82, 2.24) is 0 Å². The van der Waals surface area contributed by atoms with E-state index in [2.05, 4.69) is 20.0 Å². The van der Waals surface area contributed by atoms with Crippen molar-refractivity contribution in [1.29, 1.82) is 0 Å². The molecule has 2 bridgehead atoms. The van der Waals surface area contributed by atoms with Crippen molar-refractivity contribution in [3.05, 3.63) is 35.0 Å². The van der Waals surface area contributed by atoms with Gasteiger partial charge in [0.1, 0.15) is 10.7 Å². The second-order valence-electron chi connectivity index (χ2n) is 3.13. The fourth-order valence-corrected chi connectivity index (χ4v) is 1.08. The van der Waals surface area contributed by atoms with Gasteiger partial charge in [-0.1, -0.05) is 10.3 Å². The van der Waals surface area contributed by atoms with E-state index in [4.69, 9.17) is 0 Å². The van der Waals surface area contributed by atoms with Crippen LogP contribution in [-0.2, 0) is 19.3 Å². The molecule has 0 radical (unpaired) electrons. The molecule has 0 amide bonds. The summed E-state index contributed by atoms with van der Waals surface area (Å²) in [6, 6.07) is 6.40. The van der Waals surface area contributed by atoms with Gasteiger partial charge in [-0.05, 0) is 24.3 Å². The van der Waals surface area contributed by atoms with Crippen LogP contribution >= 0.6 is 0 Å². The molecule has 0 aliphatic carbocycles. The van der Waals surface area contributed by atoms with Gasteiger partial charge in [-0.2, -0.15) is 0 Å². The van der Waals surface area contributed by atoms with E-state index in [9.17, 15) is 9.59 Å². The number of hydrogen-bond acceptors (Lipinski definition) is 6. The molecule has 0 atom stereocenters. The Morgan fingerprint density at radius 2 is 1.19 bits per heavy atom. The number of carbonyl (C=O) groups excluding carboxylic acids is 2. The molecule has 0 fully saturated rings. The minimum absolute atomic E-state index is 0.0755. The minimum Gasteiger partial charge on any atom is -0.318 e. The second-order valence-corrected chi connectivity index (χ2v) is 3.13. The first-order valence-electron chi connectivity index (χ1n) is 4.66. The van der Waals surface area contributed by atoms with Crippen LogP contribution in [0.15, 0.2) is 34.6 Å². The van der Waals surface area contributed by atoms with Crippen molar-refractivity contribution < 1.29 is 19.3 Å². The zero-order valence-corrected chi connectivity index (χ0v) is 8.25. The summed E-state index contributed by atoms with van der Waals surface area (Å²) in [5.74, 6) is -1.16. The molecule has 0 N–H and O–H groups in total. The van der Waals surface area contributed by atoms with Crippen LogP contribution in [0.1, 0.15) is 12.8 Å². The van der Waals surface area contributed by atoms with Crippen LogP contribution in [0.5, 0.6) is 0 Å². The lowest BCUT2D eigenvalue weighted by Gasteiger charge is -1.98. The highest BCUT2D eigenvalue weighted by Crippen LogP contribution is 1.96. The molecule has 1 aromatic carbocycles. The molecule has 2 heterocycles. The van der Waals surface area contributed by atoms with E-state index in [1.807, 2.05) is 0 Å². The molecule has 0 spiro atoms. The zero-order valence-electron chi connectivity index (χ0n) is 8.25. The van der Waals surface area contributed by atoms with E-state index in [0.717, 1.165) is 0 Å². The predicted molar refractivity (Wildman–Crippen MR) is 50.2 cm³/mol. The molecular weight excluding hydrogens is 212 g/mol. The van der Waals surface area contributed by atoms with Crippen LogP contribution in [0.4, 0.5) is 0 Å². The monoisotopic (exact) mass is 220 g/mol. The molecule has 1 aromatic rings. The molecule has 0 saturated heterocycles. The highest BCUT2D eigenvalue weighted by Gasteiger charge is 2.09. The van der Waals surface area contributed by atoms with Gasteiger partial charge in [0.25, 0.3) is 0 Å². The number of hydrogen-bond donors (Lipinski definition) is 0. The Hall–Kier alpha value is -2.24. The Morgan fingerprint density at radius 3 is 1.56 bits per heavy atom. The smallest absolute Gasteiger partial charge is 0.318 e. The average Bonchev–Trinajstić information content (AvgIpc) is 2.31. The number of rotatable bonds is 0. The third-order valence-electron chi connectivity index (χ3n) is 1.89. The number of benzene rings is 1. The Kier molecular flexibility index (Phi) is 2.90. The van der Waals surface area contributed by atoms with Crippen molar-refractivity contribution in [3.8, 4) is 0 Å². The quantitative estimate of drug-likeness (QED) is 0.559. The maximum Gasteiger partial charge on any atom is 0.335 e. The fourth-order valence-electron chi connectivity index (χ4n) is 1.08. The normalized spacial score (nSPS) is 16.0. The summed E-state index contributed by atoms with van der Waals surface area (Å²) in [5, 5.41) is 8.21. The SMILES string of the molecule is O=C1CCC(=O)ON=c2ccc(cc2)=NO1. The van der Waals surface area contributed by atoms with Gasteiger partial charge in [-0.3, -0.25) is 0 Å². The lowest BCUT2D eigenvalue weighted by Crippen LogP contribution is -2.14. The molecule has 16 heavy (non-hydrogen) atoms. The standard InChI is InChI=1S/C10H8N2O4/c13-9-5-6-10(14)16-12-8-2-1-7(3-4-8)11-15-9/h1-4H,5-6H2. The molecule has 6 nitrogen and oxygen atoms in total. The van der Waals surface area contributed by atoms with Gasteiger partial charge in [0.2, 0.25) is 0 Å². The van der Waals surface area contributed by atoms with Crippen LogP contribution < -0.4 is 10.7 Å². The molecular formula is C10H8N2O4. The van der Waals surface area contributed by atoms with Crippen LogP contribution in [0.2, 0.25) is 0 Å². The third-order valence-corrected chi connectivity index (χ3v) is 1.89. The van der Waals surface area contributed by atoms with Gasteiger partial charge in [0.05, 0.1) is 12.8 Å². The summed E-state index contributed by atoms with van der Waals surface area (Å²) in [6.45, 7) is 0. The zero-order chi connectivity index (χ0) is 11.4. The van der Waals surface area contributed by atoms with E-state index < -0.39 is 11.9 Å². The summed E-state index contributed by atoms with van der Waals surface area (Å²) >= 11 is 0. The van der Waals surface area contributed by atoms with Gasteiger partial charge >= 0.3 is 11.9 Å². The summed E-state index contributed by atoms with van der Waals surface area (Å²) < 4.78 is 0. The van der Waals surface area contributed by atoms with Crippen molar-refractivity contribution in [2.45, 2.75) is 12.8 Å². The maximum absolute atomic E-state index is 11.1. The fraction of sp³-hybridized carbons (Fsp3) is 0.200. The largest absolute Gasteiger partial charge is 0.335 e. The van der Waals surface area contributed by atoms with Gasteiger partial charge in [-0.15, -0.1) is 0 Å². The van der Waals surface area contributed by atoms with E-state index in [0.29, 0.717) is 10.7 Å². The van der Waals surface area contributed by atoms with E-state index in [1.165, 1.54) is 0 Å². The second kappa shape index (κ2) is 4.52. The summed E-state index contributed by atoms with van der Waals surface area (Å²) in [4.78, 5) is 31.4. The molecule has 0 aromatic heterocycles. The van der Waals surface area contributed by atoms with Crippen molar-refractivity contribution >= 4 is 11.9 Å². The van der Waals surface area contributed by atoms with E-state index in [1.54, 1.807) is 24.3 Å².